The predicted molar refractivity (Wildman–Crippen MR) is 96.5 cm³/mol. The third-order valence-electron chi connectivity index (χ3n) is 4.57. The average Bonchev–Trinajstić information content (AvgIpc) is 2.61. The molecule has 1 unspecified atom stereocenters. The number of carbonyl (C=O) groups is 2. The van der Waals surface area contributed by atoms with Gasteiger partial charge in [-0.25, -0.2) is 4.79 Å². The predicted octanol–water partition coefficient (Wildman–Crippen LogP) is 3.95. The fourth-order valence-corrected chi connectivity index (χ4v) is 3.19. The molecule has 1 atom stereocenters. The van der Waals surface area contributed by atoms with Crippen molar-refractivity contribution < 1.29 is 14.3 Å². The second-order valence-corrected chi connectivity index (χ2v) is 6.47. The Bertz CT molecular complexity index is 995. The zero-order valence-electron chi connectivity index (χ0n) is 13.8. The van der Waals surface area contributed by atoms with Crippen LogP contribution in [0.25, 0.3) is 10.8 Å². The quantitative estimate of drug-likeness (QED) is 0.723. The van der Waals surface area contributed by atoms with E-state index in [0.717, 1.165) is 16.3 Å². The molecule has 0 bridgehead atoms. The molecule has 3 aromatic carbocycles. The topological polar surface area (TPSA) is 55.4 Å². The monoisotopic (exact) mass is 331 g/mol. The molecule has 0 radical (unpaired) electrons. The van der Waals surface area contributed by atoms with Gasteiger partial charge in [-0.3, -0.25) is 4.79 Å². The number of carbonyl (C=O) groups excluding carboxylic acids is 2. The van der Waals surface area contributed by atoms with Crippen LogP contribution in [0.2, 0.25) is 0 Å². The Balaban J connectivity index is 1.61. The van der Waals surface area contributed by atoms with E-state index < -0.39 is 11.6 Å². The van der Waals surface area contributed by atoms with Gasteiger partial charge in [-0.1, -0.05) is 48.5 Å². The summed E-state index contributed by atoms with van der Waals surface area (Å²) in [7, 11) is 0. The van der Waals surface area contributed by atoms with Gasteiger partial charge in [0.25, 0.3) is 5.91 Å². The van der Waals surface area contributed by atoms with Crippen molar-refractivity contribution in [3.8, 4) is 0 Å². The summed E-state index contributed by atoms with van der Waals surface area (Å²) in [5, 5.41) is 5.02. The largest absolute Gasteiger partial charge is 0.445 e. The number of nitrogens with one attached hydrogen (secondary N) is 1. The Hall–Kier alpha value is -3.14. The van der Waals surface area contributed by atoms with Crippen molar-refractivity contribution in [2.75, 3.05) is 5.32 Å². The van der Waals surface area contributed by atoms with E-state index in [1.54, 1.807) is 19.1 Å². The Morgan fingerprint density at radius 1 is 1.00 bits per heavy atom. The second-order valence-electron chi connectivity index (χ2n) is 6.47. The van der Waals surface area contributed by atoms with Crippen LogP contribution in [0.15, 0.2) is 66.7 Å². The third-order valence-corrected chi connectivity index (χ3v) is 4.57. The maximum atomic E-state index is 12.8. The number of anilines is 1. The molecular weight excluding hydrogens is 314 g/mol. The number of cyclic esters (lactones) is 1. The van der Waals surface area contributed by atoms with Crippen LogP contribution in [0.5, 0.6) is 0 Å². The minimum absolute atomic E-state index is 0.328. The number of hydrogen-bond donors (Lipinski definition) is 1. The molecule has 1 aliphatic rings. The van der Waals surface area contributed by atoms with E-state index in [1.807, 2.05) is 54.6 Å². The number of esters is 1. The van der Waals surface area contributed by atoms with Crippen LogP contribution in [0.3, 0.4) is 0 Å². The molecule has 1 aliphatic heterocycles. The third kappa shape index (κ3) is 2.76. The molecular formula is C21H17NO3. The zero-order valence-corrected chi connectivity index (χ0v) is 13.8. The summed E-state index contributed by atoms with van der Waals surface area (Å²) in [5.74, 6) is -0.788. The Labute approximate surface area is 145 Å². The first-order valence-electron chi connectivity index (χ1n) is 8.17. The van der Waals surface area contributed by atoms with Crippen LogP contribution in [0.4, 0.5) is 5.69 Å². The molecule has 124 valence electrons. The average molecular weight is 331 g/mol. The molecule has 3 aromatic rings. The number of fused-ring (bicyclic) bond motifs is 2. The van der Waals surface area contributed by atoms with E-state index in [4.69, 9.17) is 4.74 Å². The van der Waals surface area contributed by atoms with Crippen molar-refractivity contribution in [1.82, 2.24) is 0 Å². The zero-order chi connectivity index (χ0) is 17.4. The molecule has 1 amide bonds. The lowest BCUT2D eigenvalue weighted by Gasteiger charge is -2.33. The van der Waals surface area contributed by atoms with Gasteiger partial charge in [0.1, 0.15) is 0 Å². The van der Waals surface area contributed by atoms with Gasteiger partial charge in [-0.15, -0.1) is 0 Å². The van der Waals surface area contributed by atoms with Crippen molar-refractivity contribution in [1.29, 1.82) is 0 Å². The lowest BCUT2D eigenvalue weighted by Crippen LogP contribution is -2.48. The standard InChI is InChI=1S/C21H17NO3/c1-21(13-16-8-4-5-9-18(16)19(23)25-21)20(24)22-17-11-10-14-6-2-3-7-15(14)12-17/h2-12H,13H2,1H3,(H,22,24). The summed E-state index contributed by atoms with van der Waals surface area (Å²) in [6.07, 6.45) is 0.355. The molecule has 1 heterocycles. The number of ether oxygens (including phenoxy) is 1. The molecule has 0 saturated carbocycles. The van der Waals surface area contributed by atoms with Crippen LogP contribution < -0.4 is 5.32 Å². The summed E-state index contributed by atoms with van der Waals surface area (Å²) in [6, 6.07) is 20.9. The van der Waals surface area contributed by atoms with Crippen molar-refractivity contribution >= 4 is 28.3 Å². The van der Waals surface area contributed by atoms with Crippen molar-refractivity contribution in [3.05, 3.63) is 77.9 Å². The molecule has 0 fully saturated rings. The van der Waals surface area contributed by atoms with Crippen LogP contribution >= 0.6 is 0 Å². The van der Waals surface area contributed by atoms with Gasteiger partial charge < -0.3 is 10.1 Å². The van der Waals surface area contributed by atoms with Gasteiger partial charge in [0.15, 0.2) is 5.60 Å². The fraction of sp³-hybridized carbons (Fsp3) is 0.143. The van der Waals surface area contributed by atoms with Crippen LogP contribution in [-0.2, 0) is 16.0 Å². The summed E-state index contributed by atoms with van der Waals surface area (Å²) in [5.41, 5.74) is 0.810. The van der Waals surface area contributed by atoms with Gasteiger partial charge in [-0.05, 0) is 41.5 Å². The molecule has 0 aromatic heterocycles. The summed E-state index contributed by atoms with van der Waals surface area (Å²) < 4.78 is 5.47. The van der Waals surface area contributed by atoms with Crippen LogP contribution in [-0.4, -0.2) is 17.5 Å². The Kier molecular flexibility index (Phi) is 3.53. The first-order valence-corrected chi connectivity index (χ1v) is 8.17. The van der Waals surface area contributed by atoms with Gasteiger partial charge in [0, 0.05) is 12.1 Å². The smallest absolute Gasteiger partial charge is 0.339 e. The van der Waals surface area contributed by atoms with E-state index in [0.29, 0.717) is 17.7 Å². The Morgan fingerprint density at radius 3 is 2.56 bits per heavy atom. The van der Waals surface area contributed by atoms with E-state index >= 15 is 0 Å². The number of hydrogen-bond acceptors (Lipinski definition) is 3. The minimum Gasteiger partial charge on any atom is -0.445 e. The minimum atomic E-state index is -1.23. The normalized spacial score (nSPS) is 19.2. The molecule has 4 heteroatoms. The fourth-order valence-electron chi connectivity index (χ4n) is 3.19. The van der Waals surface area contributed by atoms with Crippen LogP contribution in [0, 0.1) is 0 Å². The molecule has 0 spiro atoms. The van der Waals surface area contributed by atoms with Gasteiger partial charge in [-0.2, -0.15) is 0 Å². The van der Waals surface area contributed by atoms with Crippen LogP contribution in [0.1, 0.15) is 22.8 Å². The van der Waals surface area contributed by atoms with E-state index in [2.05, 4.69) is 5.32 Å². The second kappa shape index (κ2) is 5.74. The first kappa shape index (κ1) is 15.4. The summed E-state index contributed by atoms with van der Waals surface area (Å²) in [6.45, 7) is 1.65. The molecule has 0 aliphatic carbocycles. The van der Waals surface area contributed by atoms with Gasteiger partial charge in [0.05, 0.1) is 5.56 Å². The lowest BCUT2D eigenvalue weighted by atomic mass is 9.89. The van der Waals surface area contributed by atoms with Crippen molar-refractivity contribution in [2.45, 2.75) is 18.9 Å². The number of benzene rings is 3. The maximum Gasteiger partial charge on any atom is 0.339 e. The maximum absolute atomic E-state index is 12.8. The summed E-state index contributed by atoms with van der Waals surface area (Å²) in [4.78, 5) is 25.0. The first-order chi connectivity index (χ1) is 12.0. The highest BCUT2D eigenvalue weighted by atomic mass is 16.6. The Morgan fingerprint density at radius 2 is 1.72 bits per heavy atom. The van der Waals surface area contributed by atoms with E-state index in [1.165, 1.54) is 0 Å². The van der Waals surface area contributed by atoms with E-state index in [9.17, 15) is 9.59 Å². The molecule has 0 saturated heterocycles. The molecule has 4 rings (SSSR count). The summed E-state index contributed by atoms with van der Waals surface area (Å²) >= 11 is 0. The van der Waals surface area contributed by atoms with Crippen molar-refractivity contribution in [3.63, 3.8) is 0 Å². The highest BCUT2D eigenvalue weighted by molar-refractivity contribution is 6.03. The van der Waals surface area contributed by atoms with Gasteiger partial charge in [0.2, 0.25) is 0 Å². The molecule has 1 N–H and O–H groups in total. The lowest BCUT2D eigenvalue weighted by molar-refractivity contribution is -0.134. The SMILES string of the molecule is CC1(C(=O)Nc2ccc3ccccc3c2)Cc2ccccc2C(=O)O1. The van der Waals surface area contributed by atoms with Crippen molar-refractivity contribution in [2.24, 2.45) is 0 Å². The number of amides is 1. The molecule has 25 heavy (non-hydrogen) atoms. The highest BCUT2D eigenvalue weighted by Gasteiger charge is 2.42. The van der Waals surface area contributed by atoms with E-state index in [-0.39, 0.29) is 5.91 Å². The molecule has 4 nitrogen and oxygen atoms in total. The number of rotatable bonds is 2. The highest BCUT2D eigenvalue weighted by Crippen LogP contribution is 2.29. The van der Waals surface area contributed by atoms with Gasteiger partial charge >= 0.3 is 5.97 Å².